The summed E-state index contributed by atoms with van der Waals surface area (Å²) < 4.78 is 27.1. The fraction of sp³-hybridized carbons (Fsp3) is 0.353. The van der Waals surface area contributed by atoms with Crippen molar-refractivity contribution >= 4 is 44.4 Å². The van der Waals surface area contributed by atoms with Crippen molar-refractivity contribution in [3.63, 3.8) is 0 Å². The molecule has 1 aliphatic heterocycles. The molecule has 0 radical (unpaired) electrons. The van der Waals surface area contributed by atoms with Crippen molar-refractivity contribution in [3.8, 4) is 0 Å². The van der Waals surface area contributed by atoms with Gasteiger partial charge in [-0.1, -0.05) is 12.1 Å². The van der Waals surface area contributed by atoms with E-state index in [2.05, 4.69) is 37.4 Å². The molecule has 8 heteroatoms. The lowest BCUT2D eigenvalue weighted by Crippen LogP contribution is -2.51. The van der Waals surface area contributed by atoms with Gasteiger partial charge in [0.25, 0.3) is 10.0 Å². The highest BCUT2D eigenvalue weighted by atomic mass is 32.2. The lowest BCUT2D eigenvalue weighted by atomic mass is 10.1. The summed E-state index contributed by atoms with van der Waals surface area (Å²) in [5.41, 5.74) is 3.32. The number of piperazine rings is 1. The van der Waals surface area contributed by atoms with Crippen LogP contribution in [-0.2, 0) is 10.0 Å². The van der Waals surface area contributed by atoms with E-state index in [4.69, 9.17) is 12.2 Å². The molecule has 0 saturated carbocycles. The molecule has 1 N–H and O–H groups in total. The highest BCUT2D eigenvalue weighted by Gasteiger charge is 2.29. The van der Waals surface area contributed by atoms with Crippen LogP contribution in [0.25, 0.3) is 0 Å². The van der Waals surface area contributed by atoms with Gasteiger partial charge in [0, 0.05) is 31.9 Å². The number of aryl methyl sites for hydroxylation is 2. The highest BCUT2D eigenvalue weighted by molar-refractivity contribution is 7.91. The van der Waals surface area contributed by atoms with Gasteiger partial charge in [0.1, 0.15) is 4.21 Å². The van der Waals surface area contributed by atoms with Crippen molar-refractivity contribution in [3.05, 3.63) is 46.8 Å². The van der Waals surface area contributed by atoms with Gasteiger partial charge in [-0.2, -0.15) is 4.31 Å². The number of thiophene rings is 1. The average Bonchev–Trinajstić information content (AvgIpc) is 3.09. The Kier molecular flexibility index (Phi) is 5.43. The van der Waals surface area contributed by atoms with E-state index in [9.17, 15) is 8.42 Å². The van der Waals surface area contributed by atoms with E-state index >= 15 is 0 Å². The van der Waals surface area contributed by atoms with Gasteiger partial charge >= 0.3 is 0 Å². The summed E-state index contributed by atoms with van der Waals surface area (Å²) in [6.07, 6.45) is 0. The summed E-state index contributed by atoms with van der Waals surface area (Å²) in [6, 6.07) is 9.63. The molecule has 2 heterocycles. The summed E-state index contributed by atoms with van der Waals surface area (Å²) in [6.45, 7) is 6.15. The summed E-state index contributed by atoms with van der Waals surface area (Å²) >= 11 is 6.76. The first kappa shape index (κ1) is 18.3. The Morgan fingerprint density at radius 1 is 1.12 bits per heavy atom. The molecule has 0 atom stereocenters. The highest BCUT2D eigenvalue weighted by Crippen LogP contribution is 2.22. The van der Waals surface area contributed by atoms with E-state index in [-0.39, 0.29) is 0 Å². The third-order valence-electron chi connectivity index (χ3n) is 4.09. The zero-order valence-corrected chi connectivity index (χ0v) is 16.7. The number of sulfonamides is 1. The van der Waals surface area contributed by atoms with Gasteiger partial charge in [-0.25, -0.2) is 8.42 Å². The zero-order valence-electron chi connectivity index (χ0n) is 14.2. The van der Waals surface area contributed by atoms with E-state index < -0.39 is 10.0 Å². The molecule has 0 aliphatic carbocycles. The Morgan fingerprint density at radius 3 is 2.32 bits per heavy atom. The van der Waals surface area contributed by atoms with Crippen LogP contribution < -0.4 is 5.32 Å². The zero-order chi connectivity index (χ0) is 18.0. The molecule has 25 heavy (non-hydrogen) atoms. The van der Waals surface area contributed by atoms with Crippen molar-refractivity contribution in [2.45, 2.75) is 18.1 Å². The molecule has 1 saturated heterocycles. The van der Waals surface area contributed by atoms with Gasteiger partial charge in [-0.05, 0) is 60.8 Å². The molecule has 1 fully saturated rings. The second kappa shape index (κ2) is 7.41. The quantitative estimate of drug-likeness (QED) is 0.810. The lowest BCUT2D eigenvalue weighted by Gasteiger charge is -2.35. The van der Waals surface area contributed by atoms with Crippen molar-refractivity contribution < 1.29 is 8.42 Å². The van der Waals surface area contributed by atoms with Gasteiger partial charge in [0.05, 0.1) is 0 Å². The summed E-state index contributed by atoms with van der Waals surface area (Å²) in [4.78, 5) is 2.02. The topological polar surface area (TPSA) is 52.6 Å². The first-order valence-corrected chi connectivity index (χ1v) is 10.8. The van der Waals surface area contributed by atoms with Crippen LogP contribution in [0.2, 0.25) is 0 Å². The Bertz CT molecular complexity index is 835. The van der Waals surface area contributed by atoms with Crippen molar-refractivity contribution in [1.82, 2.24) is 9.21 Å². The Balaban J connectivity index is 1.61. The fourth-order valence-electron chi connectivity index (χ4n) is 2.92. The van der Waals surface area contributed by atoms with Crippen LogP contribution >= 0.6 is 23.6 Å². The van der Waals surface area contributed by atoms with Gasteiger partial charge in [-0.3, -0.25) is 0 Å². The first-order valence-electron chi connectivity index (χ1n) is 8.04. The third kappa shape index (κ3) is 4.20. The van der Waals surface area contributed by atoms with Crippen LogP contribution in [0.4, 0.5) is 5.69 Å². The molecule has 134 valence electrons. The number of hydrogen-bond acceptors (Lipinski definition) is 4. The molecular formula is C17H21N3O2S3. The first-order chi connectivity index (χ1) is 11.9. The molecule has 0 spiro atoms. The molecule has 2 aromatic rings. The molecule has 3 rings (SSSR count). The SMILES string of the molecule is Cc1cc(C)cc(NC(=S)N2CCN(S(=O)(=O)c3cccs3)CC2)c1. The average molecular weight is 396 g/mol. The van der Waals surface area contributed by atoms with Crippen LogP contribution in [0.3, 0.4) is 0 Å². The van der Waals surface area contributed by atoms with E-state index in [1.807, 2.05) is 4.90 Å². The number of anilines is 1. The largest absolute Gasteiger partial charge is 0.346 e. The third-order valence-corrected chi connectivity index (χ3v) is 7.72. The van der Waals surface area contributed by atoms with Gasteiger partial charge in [-0.15, -0.1) is 11.3 Å². The van der Waals surface area contributed by atoms with E-state index in [0.29, 0.717) is 35.5 Å². The van der Waals surface area contributed by atoms with Gasteiger partial charge in [0.15, 0.2) is 5.11 Å². The predicted octanol–water partition coefficient (Wildman–Crippen LogP) is 3.07. The molecule has 5 nitrogen and oxygen atoms in total. The minimum atomic E-state index is -3.38. The van der Waals surface area contributed by atoms with E-state index in [0.717, 1.165) is 5.69 Å². The molecular weight excluding hydrogens is 374 g/mol. The maximum absolute atomic E-state index is 12.6. The number of benzene rings is 1. The molecule has 0 bridgehead atoms. The molecule has 1 aliphatic rings. The summed E-state index contributed by atoms with van der Waals surface area (Å²) in [5, 5.41) is 5.69. The summed E-state index contributed by atoms with van der Waals surface area (Å²) in [5.74, 6) is 0. The minimum Gasteiger partial charge on any atom is -0.346 e. The molecule has 0 amide bonds. The predicted molar refractivity (Wildman–Crippen MR) is 107 cm³/mol. The second-order valence-corrected chi connectivity index (χ2v) is 9.63. The van der Waals surface area contributed by atoms with Crippen molar-refractivity contribution in [1.29, 1.82) is 0 Å². The van der Waals surface area contributed by atoms with Gasteiger partial charge in [0.2, 0.25) is 0 Å². The maximum atomic E-state index is 12.6. The van der Waals surface area contributed by atoms with Crippen LogP contribution in [0.5, 0.6) is 0 Å². The van der Waals surface area contributed by atoms with Gasteiger partial charge < -0.3 is 10.2 Å². The van der Waals surface area contributed by atoms with Crippen LogP contribution in [-0.4, -0.2) is 48.9 Å². The van der Waals surface area contributed by atoms with Crippen molar-refractivity contribution in [2.24, 2.45) is 0 Å². The standard InChI is InChI=1S/C17H21N3O2S3/c1-13-10-14(2)12-15(11-13)18-17(23)19-5-7-20(8-6-19)25(21,22)16-4-3-9-24-16/h3-4,9-12H,5-8H2,1-2H3,(H,18,23). The number of hydrogen-bond donors (Lipinski definition) is 1. The Labute approximate surface area is 158 Å². The Morgan fingerprint density at radius 2 is 1.76 bits per heavy atom. The van der Waals surface area contributed by atoms with Crippen LogP contribution in [0.15, 0.2) is 39.9 Å². The molecule has 1 aromatic heterocycles. The number of rotatable bonds is 3. The van der Waals surface area contributed by atoms with E-state index in [1.165, 1.54) is 26.8 Å². The Hall–Kier alpha value is -1.48. The fourth-order valence-corrected chi connectivity index (χ4v) is 5.79. The van der Waals surface area contributed by atoms with Crippen molar-refractivity contribution in [2.75, 3.05) is 31.5 Å². The normalized spacial score (nSPS) is 16.0. The number of nitrogens with zero attached hydrogens (tertiary/aromatic N) is 2. The number of nitrogens with one attached hydrogen (secondary N) is 1. The lowest BCUT2D eigenvalue weighted by molar-refractivity contribution is 0.269. The van der Waals surface area contributed by atoms with Crippen LogP contribution in [0.1, 0.15) is 11.1 Å². The summed E-state index contributed by atoms with van der Waals surface area (Å²) in [7, 11) is -3.38. The monoisotopic (exact) mass is 395 g/mol. The van der Waals surface area contributed by atoms with Crippen LogP contribution in [0, 0.1) is 13.8 Å². The smallest absolute Gasteiger partial charge is 0.252 e. The minimum absolute atomic E-state index is 0.400. The number of thiocarbonyl (C=S) groups is 1. The second-order valence-electron chi connectivity index (χ2n) is 6.13. The molecule has 1 aromatic carbocycles. The molecule has 0 unspecified atom stereocenters. The van der Waals surface area contributed by atoms with E-state index in [1.54, 1.807) is 17.5 Å². The maximum Gasteiger partial charge on any atom is 0.252 e.